The lowest BCUT2D eigenvalue weighted by atomic mass is 9.88. The maximum Gasteiger partial charge on any atom is 0.332 e. The van der Waals surface area contributed by atoms with Crippen LogP contribution in [0.3, 0.4) is 0 Å². The molecule has 1 saturated carbocycles. The summed E-state index contributed by atoms with van der Waals surface area (Å²) in [6, 6.07) is 17.6. The maximum absolute atomic E-state index is 14.0. The summed E-state index contributed by atoms with van der Waals surface area (Å²) in [5, 5.41) is 23.3. The number of carboxylic acids is 1. The van der Waals surface area contributed by atoms with Crippen molar-refractivity contribution in [2.75, 3.05) is 0 Å². The molecule has 5 rings (SSSR count). The Hall–Kier alpha value is -4.29. The van der Waals surface area contributed by atoms with Crippen LogP contribution in [0.1, 0.15) is 68.0 Å². The number of carbonyl (C=O) groups is 1. The summed E-state index contributed by atoms with van der Waals surface area (Å²) in [6.45, 7) is 3.85. The molecule has 9 heteroatoms. The SMILES string of the molecule is CCCc1c(Cc2ccc(-c3ccccc3C#N)cc2)c(=O)n([C@H]2C[C@H](OC(CC)C(=O)O)C2)c2ncnn12. The van der Waals surface area contributed by atoms with Crippen molar-refractivity contribution in [2.45, 2.75) is 70.6 Å². The minimum Gasteiger partial charge on any atom is -0.479 e. The normalized spacial score (nSPS) is 17.5. The number of ether oxygens (including phenoxy) is 1. The summed E-state index contributed by atoms with van der Waals surface area (Å²) >= 11 is 0. The smallest absolute Gasteiger partial charge is 0.332 e. The number of hydrogen-bond acceptors (Lipinski definition) is 6. The molecule has 0 saturated heterocycles. The third-order valence-corrected chi connectivity index (χ3v) is 7.44. The number of aryl methyl sites for hydroxylation is 1. The van der Waals surface area contributed by atoms with Gasteiger partial charge >= 0.3 is 5.97 Å². The molecule has 1 aliphatic carbocycles. The standard InChI is InChI=1S/C30H31N5O4/c1-3-7-26-25(14-19-10-12-20(13-11-19)24-9-6-5-8-21(24)17-31)28(36)34(30-32-18-33-35(26)30)22-15-23(16-22)39-27(4-2)29(37)38/h5-6,8-13,18,22-23,27H,3-4,7,14-16H2,1-2H3,(H,37,38)/t22-,23-,27?. The molecule has 39 heavy (non-hydrogen) atoms. The van der Waals surface area contributed by atoms with E-state index in [2.05, 4.69) is 23.1 Å². The molecule has 9 nitrogen and oxygen atoms in total. The Labute approximate surface area is 226 Å². The van der Waals surface area contributed by atoms with E-state index in [0.717, 1.165) is 28.8 Å². The van der Waals surface area contributed by atoms with E-state index in [0.29, 0.717) is 49.0 Å². The van der Waals surface area contributed by atoms with Crippen LogP contribution in [0, 0.1) is 11.3 Å². The van der Waals surface area contributed by atoms with Crippen LogP contribution in [0.25, 0.3) is 16.9 Å². The molecule has 1 atom stereocenters. The Morgan fingerprint density at radius 3 is 2.59 bits per heavy atom. The average Bonchev–Trinajstić information content (AvgIpc) is 3.41. The molecular weight excluding hydrogens is 494 g/mol. The topological polar surface area (TPSA) is 123 Å². The fourth-order valence-electron chi connectivity index (χ4n) is 5.34. The number of benzene rings is 2. The number of hydrogen-bond donors (Lipinski definition) is 1. The van der Waals surface area contributed by atoms with Gasteiger partial charge in [0.2, 0.25) is 5.78 Å². The van der Waals surface area contributed by atoms with Crippen LogP contribution >= 0.6 is 0 Å². The molecule has 0 aliphatic heterocycles. The highest BCUT2D eigenvalue weighted by atomic mass is 16.5. The monoisotopic (exact) mass is 525 g/mol. The summed E-state index contributed by atoms with van der Waals surface area (Å²) in [4.78, 5) is 29.8. The van der Waals surface area contributed by atoms with Crippen LogP contribution in [0.4, 0.5) is 0 Å². The van der Waals surface area contributed by atoms with Crippen molar-refractivity contribution in [1.29, 1.82) is 5.26 Å². The first-order valence-electron chi connectivity index (χ1n) is 13.4. The zero-order valence-electron chi connectivity index (χ0n) is 22.1. The largest absolute Gasteiger partial charge is 0.479 e. The lowest BCUT2D eigenvalue weighted by Gasteiger charge is -2.37. The van der Waals surface area contributed by atoms with Gasteiger partial charge in [-0.1, -0.05) is 62.7 Å². The summed E-state index contributed by atoms with van der Waals surface area (Å²) < 4.78 is 9.24. The van der Waals surface area contributed by atoms with Gasteiger partial charge in [0.15, 0.2) is 6.10 Å². The van der Waals surface area contributed by atoms with Gasteiger partial charge in [0.1, 0.15) is 6.33 Å². The van der Waals surface area contributed by atoms with E-state index in [1.165, 1.54) is 6.33 Å². The summed E-state index contributed by atoms with van der Waals surface area (Å²) in [5.41, 5.74) is 4.87. The molecule has 2 aromatic carbocycles. The number of carboxylic acid groups (broad SMARTS) is 1. The maximum atomic E-state index is 14.0. The van der Waals surface area contributed by atoms with Crippen molar-refractivity contribution < 1.29 is 14.6 Å². The molecule has 1 aliphatic rings. The van der Waals surface area contributed by atoms with Crippen LogP contribution < -0.4 is 5.56 Å². The molecule has 0 radical (unpaired) electrons. The zero-order chi connectivity index (χ0) is 27.5. The first kappa shape index (κ1) is 26.3. The fourth-order valence-corrected chi connectivity index (χ4v) is 5.34. The zero-order valence-corrected chi connectivity index (χ0v) is 22.1. The first-order chi connectivity index (χ1) is 18.9. The first-order valence-corrected chi connectivity index (χ1v) is 13.4. The Balaban J connectivity index is 1.47. The molecule has 1 N–H and O–H groups in total. The average molecular weight is 526 g/mol. The predicted molar refractivity (Wildman–Crippen MR) is 145 cm³/mol. The van der Waals surface area contributed by atoms with Gasteiger partial charge in [0.05, 0.1) is 23.4 Å². The highest BCUT2D eigenvalue weighted by molar-refractivity contribution is 5.72. The van der Waals surface area contributed by atoms with E-state index in [4.69, 9.17) is 4.74 Å². The molecule has 0 bridgehead atoms. The van der Waals surface area contributed by atoms with E-state index < -0.39 is 12.1 Å². The molecule has 200 valence electrons. The summed E-state index contributed by atoms with van der Waals surface area (Å²) in [6.07, 6.45) is 3.88. The Bertz CT molecular complexity index is 1590. The van der Waals surface area contributed by atoms with Gasteiger partial charge < -0.3 is 9.84 Å². The van der Waals surface area contributed by atoms with Crippen LogP contribution in [-0.4, -0.2) is 42.4 Å². The lowest BCUT2D eigenvalue weighted by molar-refractivity contribution is -0.160. The number of aliphatic carboxylic acids is 1. The molecule has 4 aromatic rings. The van der Waals surface area contributed by atoms with Gasteiger partial charge in [-0.15, -0.1) is 0 Å². The van der Waals surface area contributed by atoms with Crippen LogP contribution in [0.2, 0.25) is 0 Å². The number of rotatable bonds is 10. The van der Waals surface area contributed by atoms with Crippen molar-refractivity contribution in [1.82, 2.24) is 19.2 Å². The Morgan fingerprint density at radius 2 is 1.92 bits per heavy atom. The Morgan fingerprint density at radius 1 is 1.18 bits per heavy atom. The van der Waals surface area contributed by atoms with E-state index in [1.54, 1.807) is 22.1 Å². The van der Waals surface area contributed by atoms with Gasteiger partial charge in [0, 0.05) is 18.0 Å². The van der Waals surface area contributed by atoms with Gasteiger partial charge in [-0.25, -0.2) is 9.31 Å². The lowest BCUT2D eigenvalue weighted by Crippen LogP contribution is -2.43. The van der Waals surface area contributed by atoms with Gasteiger partial charge in [-0.05, 0) is 48.4 Å². The number of nitriles is 1. The molecule has 1 unspecified atom stereocenters. The second-order valence-electron chi connectivity index (χ2n) is 9.97. The van der Waals surface area contributed by atoms with E-state index in [-0.39, 0.29) is 17.7 Å². The number of fused-ring (bicyclic) bond motifs is 1. The van der Waals surface area contributed by atoms with Crippen molar-refractivity contribution in [3.05, 3.63) is 87.6 Å². The van der Waals surface area contributed by atoms with E-state index >= 15 is 0 Å². The summed E-state index contributed by atoms with van der Waals surface area (Å²) in [5.74, 6) is -0.462. The predicted octanol–water partition coefficient (Wildman–Crippen LogP) is 4.56. The van der Waals surface area contributed by atoms with Gasteiger partial charge in [-0.3, -0.25) is 9.36 Å². The number of nitrogens with zero attached hydrogens (tertiary/aromatic N) is 5. The van der Waals surface area contributed by atoms with Gasteiger partial charge in [-0.2, -0.15) is 15.3 Å². The van der Waals surface area contributed by atoms with Crippen molar-refractivity contribution >= 4 is 11.7 Å². The molecule has 0 spiro atoms. The van der Waals surface area contributed by atoms with E-state index in [9.17, 15) is 20.0 Å². The quantitative estimate of drug-likeness (QED) is 0.322. The Kier molecular flexibility index (Phi) is 7.57. The fraction of sp³-hybridized carbons (Fsp3) is 0.367. The molecule has 2 aromatic heterocycles. The van der Waals surface area contributed by atoms with Crippen LogP contribution in [0.15, 0.2) is 59.7 Å². The number of aromatic nitrogens is 4. The second-order valence-corrected chi connectivity index (χ2v) is 9.97. The van der Waals surface area contributed by atoms with Crippen molar-refractivity contribution in [3.8, 4) is 17.2 Å². The highest BCUT2D eigenvalue weighted by Crippen LogP contribution is 2.36. The molecule has 0 amide bonds. The summed E-state index contributed by atoms with van der Waals surface area (Å²) in [7, 11) is 0. The third kappa shape index (κ3) is 5.08. The van der Waals surface area contributed by atoms with Gasteiger partial charge in [0.25, 0.3) is 5.56 Å². The van der Waals surface area contributed by atoms with Crippen molar-refractivity contribution in [2.24, 2.45) is 0 Å². The van der Waals surface area contributed by atoms with Crippen LogP contribution in [-0.2, 0) is 22.4 Å². The van der Waals surface area contributed by atoms with Crippen molar-refractivity contribution in [3.63, 3.8) is 0 Å². The van der Waals surface area contributed by atoms with Crippen LogP contribution in [0.5, 0.6) is 0 Å². The van der Waals surface area contributed by atoms with E-state index in [1.807, 2.05) is 42.5 Å². The highest BCUT2D eigenvalue weighted by Gasteiger charge is 2.37. The minimum atomic E-state index is -0.966. The molecule has 2 heterocycles. The molecule has 1 fully saturated rings. The third-order valence-electron chi connectivity index (χ3n) is 7.44. The minimum absolute atomic E-state index is 0.0911. The molecular formula is C30H31N5O4. The second kappa shape index (κ2) is 11.2.